The molecule has 0 aliphatic heterocycles. The second kappa shape index (κ2) is 13.2. The minimum Gasteiger partial charge on any atom is -0.490 e. The summed E-state index contributed by atoms with van der Waals surface area (Å²) in [6.45, 7) is 3.46. The van der Waals surface area contributed by atoms with E-state index in [9.17, 15) is 9.18 Å². The van der Waals surface area contributed by atoms with Gasteiger partial charge in [0.15, 0.2) is 17.5 Å². The number of hydrogen-bond donors (Lipinski definition) is 3. The molecule has 8 heteroatoms. The van der Waals surface area contributed by atoms with E-state index in [4.69, 9.17) is 4.74 Å². The predicted octanol–water partition coefficient (Wildman–Crippen LogP) is 4.17. The fourth-order valence-electron chi connectivity index (χ4n) is 3.06. The lowest BCUT2D eigenvalue weighted by atomic mass is 10.1. The Balaban J connectivity index is 0.00000363. The molecule has 0 saturated heterocycles. The zero-order valence-corrected chi connectivity index (χ0v) is 20.9. The molecule has 174 valence electrons. The largest absolute Gasteiger partial charge is 0.490 e. The number of hydrogen-bond acceptors (Lipinski definition) is 3. The summed E-state index contributed by atoms with van der Waals surface area (Å²) in [6.07, 6.45) is 2.66. The molecule has 2 aromatic rings. The molecule has 6 nitrogen and oxygen atoms in total. The van der Waals surface area contributed by atoms with Crippen LogP contribution in [0.5, 0.6) is 5.75 Å². The molecule has 32 heavy (non-hydrogen) atoms. The number of aliphatic imine (C=N–C) groups is 1. The first-order chi connectivity index (χ1) is 15.0. The van der Waals surface area contributed by atoms with Gasteiger partial charge >= 0.3 is 0 Å². The van der Waals surface area contributed by atoms with Crippen LogP contribution in [0, 0.1) is 11.7 Å². The van der Waals surface area contributed by atoms with E-state index in [0.717, 1.165) is 11.1 Å². The quantitative estimate of drug-likeness (QED) is 0.234. The maximum absolute atomic E-state index is 14.3. The van der Waals surface area contributed by atoms with Gasteiger partial charge in [-0.3, -0.25) is 9.79 Å². The van der Waals surface area contributed by atoms with E-state index in [1.807, 2.05) is 43.3 Å². The molecule has 0 bridgehead atoms. The zero-order chi connectivity index (χ0) is 22.1. The topological polar surface area (TPSA) is 74.8 Å². The molecule has 1 saturated carbocycles. The molecule has 1 fully saturated rings. The van der Waals surface area contributed by atoms with Crippen LogP contribution < -0.4 is 20.7 Å². The number of nitrogens with one attached hydrogen (secondary N) is 3. The van der Waals surface area contributed by atoms with Crippen molar-refractivity contribution >= 4 is 35.8 Å². The van der Waals surface area contributed by atoms with Crippen molar-refractivity contribution in [2.45, 2.75) is 38.8 Å². The highest BCUT2D eigenvalue weighted by molar-refractivity contribution is 14.0. The van der Waals surface area contributed by atoms with Crippen molar-refractivity contribution in [3.63, 3.8) is 0 Å². The van der Waals surface area contributed by atoms with E-state index in [0.29, 0.717) is 43.7 Å². The molecule has 1 unspecified atom stereocenters. The van der Waals surface area contributed by atoms with Crippen LogP contribution in [-0.4, -0.2) is 32.1 Å². The molecule has 0 radical (unpaired) electrons. The Bertz CT molecular complexity index is 891. The summed E-state index contributed by atoms with van der Waals surface area (Å²) in [6, 6.07) is 14.6. The smallest absolute Gasteiger partial charge is 0.222 e. The van der Waals surface area contributed by atoms with Gasteiger partial charge in [-0.2, -0.15) is 0 Å². The van der Waals surface area contributed by atoms with E-state index in [2.05, 4.69) is 20.9 Å². The third-order valence-corrected chi connectivity index (χ3v) is 5.18. The molecule has 0 heterocycles. The van der Waals surface area contributed by atoms with Gasteiger partial charge in [0, 0.05) is 26.6 Å². The minimum absolute atomic E-state index is 0. The fourth-order valence-corrected chi connectivity index (χ4v) is 3.06. The highest BCUT2D eigenvalue weighted by Crippen LogP contribution is 2.30. The Kier molecular flexibility index (Phi) is 10.7. The Morgan fingerprint density at radius 1 is 1.19 bits per heavy atom. The molecule has 3 N–H and O–H groups in total. The van der Waals surface area contributed by atoms with Gasteiger partial charge in [0.1, 0.15) is 0 Å². The third-order valence-electron chi connectivity index (χ3n) is 5.18. The number of nitrogens with zero attached hydrogens (tertiary/aromatic N) is 1. The predicted molar refractivity (Wildman–Crippen MR) is 136 cm³/mol. The van der Waals surface area contributed by atoms with Gasteiger partial charge in [0.05, 0.1) is 12.6 Å². The van der Waals surface area contributed by atoms with Crippen molar-refractivity contribution in [2.24, 2.45) is 10.9 Å². The Morgan fingerprint density at radius 2 is 1.94 bits per heavy atom. The molecule has 1 aliphatic carbocycles. The van der Waals surface area contributed by atoms with Crippen molar-refractivity contribution < 1.29 is 13.9 Å². The summed E-state index contributed by atoms with van der Waals surface area (Å²) in [7, 11) is 1.66. The second-order valence-electron chi connectivity index (χ2n) is 7.82. The van der Waals surface area contributed by atoms with Crippen LogP contribution in [-0.2, 0) is 11.3 Å². The molecule has 0 aromatic heterocycles. The fraction of sp³-hybridized carbons (Fsp3) is 0.417. The zero-order valence-electron chi connectivity index (χ0n) is 18.6. The van der Waals surface area contributed by atoms with Crippen molar-refractivity contribution in [3.8, 4) is 5.75 Å². The van der Waals surface area contributed by atoms with Gasteiger partial charge in [0.2, 0.25) is 5.91 Å². The van der Waals surface area contributed by atoms with Crippen LogP contribution in [0.2, 0.25) is 0 Å². The standard InChI is InChI=1S/C24H31FN4O2.HI/c1-17(20-10-11-22(21(25)14-20)31-16-19-8-9-19)29-24(26-2)27-13-12-23(30)28-15-18-6-4-3-5-7-18;/h3-7,10-11,14,17,19H,8-9,12-13,15-16H2,1-2H3,(H,28,30)(H2,26,27,29);1H. The monoisotopic (exact) mass is 554 g/mol. The summed E-state index contributed by atoms with van der Waals surface area (Å²) >= 11 is 0. The average molecular weight is 554 g/mol. The van der Waals surface area contributed by atoms with Crippen LogP contribution in [0.3, 0.4) is 0 Å². The van der Waals surface area contributed by atoms with Gasteiger partial charge in [0.25, 0.3) is 0 Å². The van der Waals surface area contributed by atoms with Crippen LogP contribution in [0.1, 0.15) is 43.4 Å². The van der Waals surface area contributed by atoms with E-state index in [1.165, 1.54) is 18.9 Å². The molecule has 3 rings (SSSR count). The first kappa shape index (κ1) is 25.9. The number of rotatable bonds is 10. The Labute approximate surface area is 206 Å². The van der Waals surface area contributed by atoms with Crippen molar-refractivity contribution in [2.75, 3.05) is 20.2 Å². The number of carbonyl (C=O) groups excluding carboxylic acids is 1. The van der Waals surface area contributed by atoms with Gasteiger partial charge in [-0.15, -0.1) is 24.0 Å². The number of guanidine groups is 1. The first-order valence-corrected chi connectivity index (χ1v) is 10.7. The number of halogens is 2. The van der Waals surface area contributed by atoms with Crippen LogP contribution in [0.25, 0.3) is 0 Å². The molecule has 1 atom stereocenters. The molecular formula is C24H32FIN4O2. The molecule has 1 amide bonds. The highest BCUT2D eigenvalue weighted by Gasteiger charge is 2.22. The normalized spacial score (nSPS) is 14.2. The first-order valence-electron chi connectivity index (χ1n) is 10.7. The van der Waals surface area contributed by atoms with Gasteiger partial charge < -0.3 is 20.7 Å². The average Bonchev–Trinajstić information content (AvgIpc) is 3.61. The number of carbonyl (C=O) groups is 1. The van der Waals surface area contributed by atoms with Gasteiger partial charge in [-0.05, 0) is 48.9 Å². The SMILES string of the molecule is CN=C(NCCC(=O)NCc1ccccc1)NC(C)c1ccc(OCC2CC2)c(F)c1.I. The number of benzene rings is 2. The Morgan fingerprint density at radius 3 is 2.59 bits per heavy atom. The van der Waals surface area contributed by atoms with Gasteiger partial charge in [-0.25, -0.2) is 4.39 Å². The molecule has 1 aliphatic rings. The van der Waals surface area contributed by atoms with Crippen molar-refractivity contribution in [1.29, 1.82) is 0 Å². The van der Waals surface area contributed by atoms with Crippen molar-refractivity contribution in [3.05, 3.63) is 65.5 Å². The van der Waals surface area contributed by atoms with Crippen molar-refractivity contribution in [1.82, 2.24) is 16.0 Å². The Hall–Kier alpha value is -2.36. The van der Waals surface area contributed by atoms with E-state index in [1.54, 1.807) is 13.1 Å². The van der Waals surface area contributed by atoms with E-state index in [-0.39, 0.29) is 41.7 Å². The van der Waals surface area contributed by atoms with E-state index < -0.39 is 0 Å². The summed E-state index contributed by atoms with van der Waals surface area (Å²) in [5, 5.41) is 9.24. The lowest BCUT2D eigenvalue weighted by molar-refractivity contribution is -0.121. The lowest BCUT2D eigenvalue weighted by Gasteiger charge is -2.19. The summed E-state index contributed by atoms with van der Waals surface area (Å²) in [5.74, 6) is 1.03. The molecule has 2 aromatic carbocycles. The third kappa shape index (κ3) is 8.64. The maximum atomic E-state index is 14.3. The van der Waals surface area contributed by atoms with E-state index >= 15 is 0 Å². The minimum atomic E-state index is -0.357. The number of ether oxygens (including phenoxy) is 1. The lowest BCUT2D eigenvalue weighted by Crippen LogP contribution is -2.40. The highest BCUT2D eigenvalue weighted by atomic mass is 127. The summed E-state index contributed by atoms with van der Waals surface area (Å²) in [4.78, 5) is 16.2. The number of amides is 1. The summed E-state index contributed by atoms with van der Waals surface area (Å²) in [5.41, 5.74) is 1.85. The van der Waals surface area contributed by atoms with Crippen LogP contribution in [0.4, 0.5) is 4.39 Å². The molecule has 0 spiro atoms. The van der Waals surface area contributed by atoms with Gasteiger partial charge in [-0.1, -0.05) is 36.4 Å². The molecular weight excluding hydrogens is 522 g/mol. The summed E-state index contributed by atoms with van der Waals surface area (Å²) < 4.78 is 19.9. The second-order valence-corrected chi connectivity index (χ2v) is 7.82. The van der Waals surface area contributed by atoms with Crippen LogP contribution in [0.15, 0.2) is 53.5 Å². The maximum Gasteiger partial charge on any atom is 0.222 e. The van der Waals surface area contributed by atoms with Crippen LogP contribution >= 0.6 is 24.0 Å².